The molecule has 2 N–H and O–H groups in total. The molecule has 0 unspecified atom stereocenters. The molecule has 3 rings (SSSR count). The highest BCUT2D eigenvalue weighted by molar-refractivity contribution is 5.89. The van der Waals surface area contributed by atoms with E-state index in [2.05, 4.69) is 22.8 Å². The van der Waals surface area contributed by atoms with E-state index in [1.54, 1.807) is 19.2 Å². The van der Waals surface area contributed by atoms with E-state index in [-0.39, 0.29) is 5.69 Å². The predicted molar refractivity (Wildman–Crippen MR) is 87.0 cm³/mol. The number of anilines is 1. The number of carbonyl (C=O) groups is 1. The summed E-state index contributed by atoms with van der Waals surface area (Å²) in [5, 5.41) is 5.30. The number of para-hydroxylation sites is 1. The van der Waals surface area contributed by atoms with Crippen LogP contribution in [-0.2, 0) is 17.6 Å². The minimum atomic E-state index is -0.461. The first kappa shape index (κ1) is 15.5. The van der Waals surface area contributed by atoms with Crippen molar-refractivity contribution in [2.24, 2.45) is 0 Å². The van der Waals surface area contributed by atoms with Crippen molar-refractivity contribution in [2.45, 2.75) is 18.4 Å². The van der Waals surface area contributed by atoms with E-state index in [1.807, 2.05) is 12.1 Å². The zero-order valence-electron chi connectivity index (χ0n) is 12.9. The minimum absolute atomic E-state index is 0.158. The van der Waals surface area contributed by atoms with Crippen LogP contribution in [0.5, 0.6) is 0 Å². The summed E-state index contributed by atoms with van der Waals surface area (Å²) in [4.78, 5) is 12.0. The summed E-state index contributed by atoms with van der Waals surface area (Å²) in [5.41, 5.74) is 2.19. The first-order valence-electron chi connectivity index (χ1n) is 7.53. The van der Waals surface area contributed by atoms with Gasteiger partial charge in [-0.2, -0.15) is 0 Å². The second-order valence-corrected chi connectivity index (χ2v) is 5.80. The number of nitrogens with one attached hydrogen (secondary N) is 2. The molecule has 0 saturated carbocycles. The van der Waals surface area contributed by atoms with Crippen LogP contribution in [0.4, 0.5) is 14.9 Å². The molecule has 2 amide bonds. The number of rotatable bonds is 4. The minimum Gasteiger partial charge on any atom is -0.376 e. The van der Waals surface area contributed by atoms with Crippen LogP contribution in [0.25, 0.3) is 0 Å². The summed E-state index contributed by atoms with van der Waals surface area (Å²) in [6, 6.07) is 13.8. The molecule has 0 spiro atoms. The topological polar surface area (TPSA) is 50.4 Å². The third-order valence-electron chi connectivity index (χ3n) is 4.27. The van der Waals surface area contributed by atoms with Crippen LogP contribution < -0.4 is 10.6 Å². The number of methoxy groups -OCH3 is 1. The molecule has 0 atom stereocenters. The molecule has 0 aromatic heterocycles. The lowest BCUT2D eigenvalue weighted by atomic mass is 10.0. The quantitative estimate of drug-likeness (QED) is 0.911. The highest BCUT2D eigenvalue weighted by Gasteiger charge is 2.37. The summed E-state index contributed by atoms with van der Waals surface area (Å²) in [7, 11) is 1.66. The molecule has 0 fully saturated rings. The average molecular weight is 314 g/mol. The van der Waals surface area contributed by atoms with Gasteiger partial charge < -0.3 is 15.4 Å². The van der Waals surface area contributed by atoms with Crippen LogP contribution >= 0.6 is 0 Å². The molecule has 2 aromatic rings. The first-order valence-corrected chi connectivity index (χ1v) is 7.53. The Morgan fingerprint density at radius 2 is 1.74 bits per heavy atom. The maximum Gasteiger partial charge on any atom is 0.319 e. The third kappa shape index (κ3) is 3.35. The lowest BCUT2D eigenvalue weighted by Gasteiger charge is -2.27. The summed E-state index contributed by atoms with van der Waals surface area (Å²) in [6.45, 7) is 0.360. The highest BCUT2D eigenvalue weighted by atomic mass is 19.1. The van der Waals surface area contributed by atoms with Gasteiger partial charge in [0.1, 0.15) is 5.82 Å². The second-order valence-electron chi connectivity index (χ2n) is 5.80. The Morgan fingerprint density at radius 1 is 1.13 bits per heavy atom. The molecule has 5 heteroatoms. The summed E-state index contributed by atoms with van der Waals surface area (Å²) in [5.74, 6) is -0.461. The van der Waals surface area contributed by atoms with Gasteiger partial charge in [-0.05, 0) is 23.3 Å². The molecule has 0 bridgehead atoms. The lowest BCUT2D eigenvalue weighted by molar-refractivity contribution is 0.00208. The van der Waals surface area contributed by atoms with Crippen molar-refractivity contribution in [3.05, 3.63) is 65.5 Å². The number of carbonyl (C=O) groups excluding carboxylic acids is 1. The summed E-state index contributed by atoms with van der Waals surface area (Å²) < 4.78 is 19.2. The Balaban J connectivity index is 1.61. The van der Waals surface area contributed by atoms with Crippen molar-refractivity contribution >= 4 is 11.7 Å². The van der Waals surface area contributed by atoms with Crippen molar-refractivity contribution in [3.63, 3.8) is 0 Å². The van der Waals surface area contributed by atoms with Gasteiger partial charge in [0, 0.05) is 26.5 Å². The fourth-order valence-corrected chi connectivity index (χ4v) is 2.97. The Morgan fingerprint density at radius 3 is 2.35 bits per heavy atom. The van der Waals surface area contributed by atoms with E-state index >= 15 is 0 Å². The number of halogens is 1. The molecular weight excluding hydrogens is 295 g/mol. The average Bonchev–Trinajstić information content (AvgIpc) is 2.94. The van der Waals surface area contributed by atoms with Crippen LogP contribution in [0.1, 0.15) is 11.1 Å². The van der Waals surface area contributed by atoms with Gasteiger partial charge in [0.15, 0.2) is 0 Å². The molecule has 0 aliphatic heterocycles. The fraction of sp³-hybridized carbons (Fsp3) is 0.278. The Kier molecular flexibility index (Phi) is 4.30. The lowest BCUT2D eigenvalue weighted by Crippen LogP contribution is -2.46. The van der Waals surface area contributed by atoms with Gasteiger partial charge in [-0.3, -0.25) is 0 Å². The number of hydrogen-bond donors (Lipinski definition) is 2. The van der Waals surface area contributed by atoms with Gasteiger partial charge >= 0.3 is 6.03 Å². The van der Waals surface area contributed by atoms with E-state index in [0.717, 1.165) is 12.8 Å². The molecule has 23 heavy (non-hydrogen) atoms. The van der Waals surface area contributed by atoms with Crippen LogP contribution in [-0.4, -0.2) is 25.3 Å². The molecule has 0 radical (unpaired) electrons. The number of ether oxygens (including phenoxy) is 1. The number of amides is 2. The standard InChI is InChI=1S/C18H19FN2O2/c1-23-18(10-13-6-2-3-7-14(13)11-18)12-20-17(22)21-16-9-5-4-8-15(16)19/h2-9H,10-12H2,1H3,(H2,20,21,22). The van der Waals surface area contributed by atoms with Gasteiger partial charge in [0.25, 0.3) is 0 Å². The van der Waals surface area contributed by atoms with Crippen LogP contribution in [0.15, 0.2) is 48.5 Å². The monoisotopic (exact) mass is 314 g/mol. The fourth-order valence-electron chi connectivity index (χ4n) is 2.97. The Bertz CT molecular complexity index is 693. The third-order valence-corrected chi connectivity index (χ3v) is 4.27. The zero-order valence-corrected chi connectivity index (χ0v) is 12.9. The number of benzene rings is 2. The Labute approximate surface area is 134 Å². The smallest absolute Gasteiger partial charge is 0.319 e. The molecule has 0 heterocycles. The molecule has 0 saturated heterocycles. The molecular formula is C18H19FN2O2. The van der Waals surface area contributed by atoms with Gasteiger partial charge in [-0.1, -0.05) is 36.4 Å². The number of fused-ring (bicyclic) bond motifs is 1. The van der Waals surface area contributed by atoms with E-state index in [1.165, 1.54) is 23.3 Å². The van der Waals surface area contributed by atoms with Crippen molar-refractivity contribution < 1.29 is 13.9 Å². The van der Waals surface area contributed by atoms with Crippen LogP contribution in [0.2, 0.25) is 0 Å². The van der Waals surface area contributed by atoms with E-state index in [9.17, 15) is 9.18 Å². The highest BCUT2D eigenvalue weighted by Crippen LogP contribution is 2.32. The van der Waals surface area contributed by atoms with E-state index < -0.39 is 17.4 Å². The first-order chi connectivity index (χ1) is 11.1. The van der Waals surface area contributed by atoms with Crippen LogP contribution in [0.3, 0.4) is 0 Å². The Hall–Kier alpha value is -2.40. The molecule has 2 aromatic carbocycles. The van der Waals surface area contributed by atoms with Crippen LogP contribution in [0, 0.1) is 5.82 Å². The molecule has 4 nitrogen and oxygen atoms in total. The van der Waals surface area contributed by atoms with Gasteiger partial charge in [0.2, 0.25) is 0 Å². The summed E-state index contributed by atoms with van der Waals surface area (Å²) in [6.07, 6.45) is 1.50. The van der Waals surface area contributed by atoms with E-state index in [4.69, 9.17) is 4.74 Å². The number of hydrogen-bond acceptors (Lipinski definition) is 2. The van der Waals surface area contributed by atoms with Crippen molar-refractivity contribution in [2.75, 3.05) is 19.0 Å². The summed E-state index contributed by atoms with van der Waals surface area (Å²) >= 11 is 0. The van der Waals surface area contributed by atoms with Gasteiger partial charge in [-0.15, -0.1) is 0 Å². The molecule has 120 valence electrons. The van der Waals surface area contributed by atoms with Crippen molar-refractivity contribution in [1.82, 2.24) is 5.32 Å². The van der Waals surface area contributed by atoms with Gasteiger partial charge in [-0.25, -0.2) is 9.18 Å². The maximum atomic E-state index is 13.5. The predicted octanol–water partition coefficient (Wildman–Crippen LogP) is 3.13. The number of urea groups is 1. The van der Waals surface area contributed by atoms with Gasteiger partial charge in [0.05, 0.1) is 11.3 Å². The maximum absolute atomic E-state index is 13.5. The van der Waals surface area contributed by atoms with Crippen molar-refractivity contribution in [3.8, 4) is 0 Å². The SMILES string of the molecule is COC1(CNC(=O)Nc2ccccc2F)Cc2ccccc2C1. The zero-order chi connectivity index (χ0) is 16.3. The normalized spacial score (nSPS) is 15.0. The molecule has 1 aliphatic rings. The van der Waals surface area contributed by atoms with E-state index in [0.29, 0.717) is 6.54 Å². The molecule has 1 aliphatic carbocycles. The second kappa shape index (κ2) is 6.38. The van der Waals surface area contributed by atoms with Crippen molar-refractivity contribution in [1.29, 1.82) is 0 Å². The largest absolute Gasteiger partial charge is 0.376 e.